The summed E-state index contributed by atoms with van der Waals surface area (Å²) in [5, 5.41) is 0. The van der Waals surface area contributed by atoms with Gasteiger partial charge in [-0.15, -0.1) is 0 Å². The first-order valence-corrected chi connectivity index (χ1v) is 29.3. The maximum Gasteiger partial charge on any atom is 0.306 e. The van der Waals surface area contributed by atoms with Crippen molar-refractivity contribution in [2.75, 3.05) is 13.2 Å². The fraction of sp³-hybridized carbons (Fsp3) is 0.597. The van der Waals surface area contributed by atoms with Crippen molar-refractivity contribution in [1.82, 2.24) is 0 Å². The molecule has 0 radical (unpaired) electrons. The maximum atomic E-state index is 12.8. The van der Waals surface area contributed by atoms with Gasteiger partial charge in [0.05, 0.1) is 0 Å². The number of hydrogen-bond donors (Lipinski definition) is 0. The summed E-state index contributed by atoms with van der Waals surface area (Å²) in [4.78, 5) is 38.1. The van der Waals surface area contributed by atoms with Crippen molar-refractivity contribution >= 4 is 17.9 Å². The predicted octanol–water partition coefficient (Wildman–Crippen LogP) is 20.0. The number of unbranched alkanes of at least 4 members (excludes halogenated alkanes) is 16. The molecule has 0 aliphatic rings. The smallest absolute Gasteiger partial charge is 0.306 e. The van der Waals surface area contributed by atoms with E-state index in [-0.39, 0.29) is 31.1 Å². The average Bonchev–Trinajstić information content (AvgIpc) is 3.39. The van der Waals surface area contributed by atoms with Crippen LogP contribution in [0.1, 0.15) is 239 Å². The van der Waals surface area contributed by atoms with Crippen molar-refractivity contribution in [2.24, 2.45) is 0 Å². The molecule has 0 aliphatic heterocycles. The Bertz CT molecular complexity index is 1630. The first-order valence-electron chi connectivity index (χ1n) is 29.3. The number of hydrogen-bond acceptors (Lipinski definition) is 6. The molecule has 1 unspecified atom stereocenters. The zero-order valence-electron chi connectivity index (χ0n) is 46.8. The van der Waals surface area contributed by atoms with Gasteiger partial charge in [0.2, 0.25) is 0 Å². The molecule has 0 aromatic heterocycles. The SMILES string of the molecule is CC/C=C\C/C=C\C/C=C\C/C=C\C/C=C\C/C=C\C/C=C\C/C=C\CCCCCCC(=O)OCC(COC(=O)CCCCCCC/C=C\CCCC)OC(=O)CCCCCCC/C=C\C/C=C\C/C=C\CC. The monoisotopic (exact) mass is 1010 g/mol. The Morgan fingerprint density at radius 2 is 0.534 bits per heavy atom. The lowest BCUT2D eigenvalue weighted by Crippen LogP contribution is -2.30. The quantitative estimate of drug-likeness (QED) is 0.0261. The second kappa shape index (κ2) is 59.8. The van der Waals surface area contributed by atoms with E-state index in [1.165, 1.54) is 25.7 Å². The van der Waals surface area contributed by atoms with Crippen LogP contribution in [0.2, 0.25) is 0 Å². The molecule has 0 bridgehead atoms. The van der Waals surface area contributed by atoms with Crippen LogP contribution in [0, 0.1) is 0 Å². The molecule has 0 spiro atoms. The van der Waals surface area contributed by atoms with Crippen LogP contribution < -0.4 is 0 Å². The van der Waals surface area contributed by atoms with E-state index in [9.17, 15) is 14.4 Å². The predicted molar refractivity (Wildman–Crippen MR) is 315 cm³/mol. The number of esters is 3. The Balaban J connectivity index is 4.38. The van der Waals surface area contributed by atoms with Gasteiger partial charge in [0, 0.05) is 19.3 Å². The highest BCUT2D eigenvalue weighted by molar-refractivity contribution is 5.71. The van der Waals surface area contributed by atoms with Crippen molar-refractivity contribution in [3.8, 4) is 0 Å². The van der Waals surface area contributed by atoms with E-state index in [1.807, 2.05) is 0 Å². The highest BCUT2D eigenvalue weighted by Gasteiger charge is 2.19. The minimum Gasteiger partial charge on any atom is -0.462 e. The Morgan fingerprint density at radius 1 is 0.288 bits per heavy atom. The number of carbonyl (C=O) groups excluding carboxylic acids is 3. The van der Waals surface area contributed by atoms with Crippen molar-refractivity contribution in [1.29, 1.82) is 0 Å². The van der Waals surface area contributed by atoms with Gasteiger partial charge in [0.1, 0.15) is 13.2 Å². The van der Waals surface area contributed by atoms with Crippen molar-refractivity contribution in [3.05, 3.63) is 146 Å². The third kappa shape index (κ3) is 58.1. The maximum absolute atomic E-state index is 12.8. The van der Waals surface area contributed by atoms with E-state index >= 15 is 0 Å². The third-order valence-corrected chi connectivity index (χ3v) is 11.8. The second-order valence-corrected chi connectivity index (χ2v) is 18.8. The van der Waals surface area contributed by atoms with Crippen molar-refractivity contribution < 1.29 is 28.6 Å². The largest absolute Gasteiger partial charge is 0.462 e. The zero-order valence-corrected chi connectivity index (χ0v) is 46.8. The minimum absolute atomic E-state index is 0.103. The van der Waals surface area contributed by atoms with Crippen LogP contribution in [0.4, 0.5) is 0 Å². The van der Waals surface area contributed by atoms with Crippen LogP contribution in [-0.2, 0) is 28.6 Å². The number of ether oxygens (including phenoxy) is 3. The molecule has 0 heterocycles. The number of carbonyl (C=O) groups is 3. The second-order valence-electron chi connectivity index (χ2n) is 18.8. The van der Waals surface area contributed by atoms with Gasteiger partial charge >= 0.3 is 17.9 Å². The molecule has 6 heteroatoms. The molecule has 0 saturated carbocycles. The van der Waals surface area contributed by atoms with Crippen LogP contribution in [0.15, 0.2) is 146 Å². The fourth-order valence-electron chi connectivity index (χ4n) is 7.45. The molecule has 410 valence electrons. The molecule has 0 aliphatic carbocycles. The van der Waals surface area contributed by atoms with Gasteiger partial charge in [-0.05, 0) is 135 Å². The summed E-state index contributed by atoms with van der Waals surface area (Å²) in [5.41, 5.74) is 0. The van der Waals surface area contributed by atoms with Crippen LogP contribution in [0.5, 0.6) is 0 Å². The minimum atomic E-state index is -0.807. The van der Waals surface area contributed by atoms with Crippen LogP contribution in [-0.4, -0.2) is 37.2 Å². The fourth-order valence-corrected chi connectivity index (χ4v) is 7.45. The summed E-state index contributed by atoms with van der Waals surface area (Å²) in [6.07, 6.45) is 85.6. The summed E-state index contributed by atoms with van der Waals surface area (Å²) in [6, 6.07) is 0. The van der Waals surface area contributed by atoms with Crippen molar-refractivity contribution in [3.63, 3.8) is 0 Å². The van der Waals surface area contributed by atoms with Gasteiger partial charge in [0.15, 0.2) is 6.10 Å². The molecule has 0 aromatic rings. The summed E-state index contributed by atoms with van der Waals surface area (Å²) < 4.78 is 16.8. The number of allylic oxidation sites excluding steroid dienone is 24. The molecule has 0 aromatic carbocycles. The van der Waals surface area contributed by atoms with Gasteiger partial charge in [-0.2, -0.15) is 0 Å². The molecular weight excluding hydrogens is 901 g/mol. The van der Waals surface area contributed by atoms with E-state index in [0.29, 0.717) is 19.3 Å². The normalized spacial score (nSPS) is 13.2. The van der Waals surface area contributed by atoms with Crippen LogP contribution >= 0.6 is 0 Å². The van der Waals surface area contributed by atoms with Gasteiger partial charge < -0.3 is 14.2 Å². The molecule has 0 amide bonds. The molecule has 0 N–H and O–H groups in total. The Labute approximate surface area is 448 Å². The van der Waals surface area contributed by atoms with Gasteiger partial charge in [0.25, 0.3) is 0 Å². The Hall–Kier alpha value is -4.71. The van der Waals surface area contributed by atoms with Crippen LogP contribution in [0.3, 0.4) is 0 Å². The van der Waals surface area contributed by atoms with E-state index in [1.54, 1.807) is 0 Å². The van der Waals surface area contributed by atoms with Crippen molar-refractivity contribution in [2.45, 2.75) is 245 Å². The standard InChI is InChI=1S/C67H106O6/c1-4-7-10-13-16-19-22-24-26-27-28-29-30-31-32-33-34-35-36-37-38-39-41-42-45-48-51-54-57-60-66(69)72-63-64(62-71-65(68)59-56-53-50-47-44-21-18-15-12-9-6-3)73-67(70)61-58-55-52-49-46-43-40-25-23-20-17-14-11-8-5-2/h7-8,10-11,15-20,24-26,28-29,31-32,34-35,37-38,40-42,64H,4-6,9,12-14,21-23,27,30,33,36,39,43-63H2,1-3H3/b10-7-,11-8-,18-15-,19-16-,20-17-,26-24-,29-28-,32-31-,35-34-,38-37-,40-25-,42-41-. The summed E-state index contributed by atoms with van der Waals surface area (Å²) in [7, 11) is 0. The summed E-state index contributed by atoms with van der Waals surface area (Å²) in [6.45, 7) is 6.32. The van der Waals surface area contributed by atoms with E-state index in [2.05, 4.69) is 167 Å². The van der Waals surface area contributed by atoms with E-state index in [0.717, 1.165) is 173 Å². The van der Waals surface area contributed by atoms with Gasteiger partial charge in [-0.3, -0.25) is 14.4 Å². The van der Waals surface area contributed by atoms with Gasteiger partial charge in [-0.1, -0.05) is 231 Å². The Morgan fingerprint density at radius 3 is 0.849 bits per heavy atom. The zero-order chi connectivity index (χ0) is 52.9. The lowest BCUT2D eigenvalue weighted by molar-refractivity contribution is -0.167. The molecule has 0 fully saturated rings. The topological polar surface area (TPSA) is 78.9 Å². The molecule has 6 nitrogen and oxygen atoms in total. The van der Waals surface area contributed by atoms with Crippen LogP contribution in [0.25, 0.3) is 0 Å². The highest BCUT2D eigenvalue weighted by atomic mass is 16.6. The summed E-state index contributed by atoms with van der Waals surface area (Å²) in [5.74, 6) is -0.962. The lowest BCUT2D eigenvalue weighted by atomic mass is 10.1. The molecule has 0 rings (SSSR count). The molecule has 0 saturated heterocycles. The lowest BCUT2D eigenvalue weighted by Gasteiger charge is -2.18. The molecule has 1 atom stereocenters. The first-order chi connectivity index (χ1) is 36.0. The van der Waals surface area contributed by atoms with Gasteiger partial charge in [-0.25, -0.2) is 0 Å². The highest BCUT2D eigenvalue weighted by Crippen LogP contribution is 2.13. The summed E-state index contributed by atoms with van der Waals surface area (Å²) >= 11 is 0. The third-order valence-electron chi connectivity index (χ3n) is 11.8. The first kappa shape index (κ1) is 68.3. The number of rotatable bonds is 51. The van der Waals surface area contributed by atoms with E-state index < -0.39 is 6.10 Å². The molecular formula is C67H106O6. The van der Waals surface area contributed by atoms with E-state index in [4.69, 9.17) is 14.2 Å². The average molecular weight is 1010 g/mol. The Kier molecular flexibility index (Phi) is 56.0. The molecule has 73 heavy (non-hydrogen) atoms.